The van der Waals surface area contributed by atoms with Gasteiger partial charge in [-0.3, -0.25) is 4.57 Å². The highest BCUT2D eigenvalue weighted by Crippen LogP contribution is 2.35. The Kier molecular flexibility index (Phi) is 6.53. The summed E-state index contributed by atoms with van der Waals surface area (Å²) in [5, 5.41) is 6.95. The largest absolute Gasteiger partial charge is 0.457 e. The van der Waals surface area contributed by atoms with Gasteiger partial charge in [0.25, 0.3) is 0 Å². The van der Waals surface area contributed by atoms with Crippen molar-refractivity contribution < 1.29 is 4.74 Å². The summed E-state index contributed by atoms with van der Waals surface area (Å²) in [5.41, 5.74) is 14.1. The van der Waals surface area contributed by atoms with Gasteiger partial charge < -0.3 is 10.5 Å². The second-order valence-electron chi connectivity index (χ2n) is 10.3. The summed E-state index contributed by atoms with van der Waals surface area (Å²) in [5.74, 6) is 2.19. The molecule has 7 rings (SSSR count). The Morgan fingerprint density at radius 1 is 0.690 bits per heavy atom. The molecule has 0 aliphatic rings. The fourth-order valence-corrected chi connectivity index (χ4v) is 5.52. The Balaban J connectivity index is 1.16. The van der Waals surface area contributed by atoms with Crippen molar-refractivity contribution in [3.05, 3.63) is 140 Å². The lowest BCUT2D eigenvalue weighted by Gasteiger charge is -2.10. The third kappa shape index (κ3) is 4.71. The molecule has 5 heteroatoms. The van der Waals surface area contributed by atoms with Gasteiger partial charge in [0.1, 0.15) is 17.3 Å². The highest BCUT2D eigenvalue weighted by atomic mass is 16.5. The Bertz CT molecular complexity index is 2050. The number of hydrogen-bond donors (Lipinski definition) is 1. The number of allylic oxidation sites excluding steroid dienone is 1. The lowest BCUT2D eigenvalue weighted by molar-refractivity contribution is 0.483. The Labute approximate surface area is 244 Å². The van der Waals surface area contributed by atoms with Crippen molar-refractivity contribution in [2.24, 2.45) is 5.73 Å². The number of aromatic nitrogens is 3. The number of rotatable bonds is 7. The minimum atomic E-state index is 0.715. The first-order chi connectivity index (χ1) is 20.7. The molecule has 0 radical (unpaired) electrons. The number of ether oxygens (including phenoxy) is 1. The average molecular weight is 547 g/mol. The Morgan fingerprint density at radius 2 is 1.38 bits per heavy atom. The minimum Gasteiger partial charge on any atom is -0.457 e. The normalized spacial score (nSPS) is 11.8. The van der Waals surface area contributed by atoms with E-state index in [-0.39, 0.29) is 0 Å². The summed E-state index contributed by atoms with van der Waals surface area (Å²) in [6.45, 7) is 2.09. The first-order valence-electron chi connectivity index (χ1n) is 14.2. The second-order valence-corrected chi connectivity index (χ2v) is 10.3. The molecule has 7 aromatic rings. The van der Waals surface area contributed by atoms with Crippen LogP contribution in [-0.4, -0.2) is 14.3 Å². The molecule has 204 valence electrons. The van der Waals surface area contributed by atoms with Crippen LogP contribution in [0.5, 0.6) is 11.5 Å². The van der Waals surface area contributed by atoms with Crippen molar-refractivity contribution in [1.82, 2.24) is 14.3 Å². The van der Waals surface area contributed by atoms with Crippen molar-refractivity contribution in [3.63, 3.8) is 0 Å². The van der Waals surface area contributed by atoms with Gasteiger partial charge in [0.15, 0.2) is 0 Å². The van der Waals surface area contributed by atoms with Gasteiger partial charge in [-0.15, -0.1) is 0 Å². The molecular weight excluding hydrogens is 516 g/mol. The SMILES string of the molecule is CC/C=C(\N)n1c2ccccc2c2ccc(Oc3cccc(-n4cc(-c5ccc(-c6ccccc6)cc5)cn4)c3)cc21. The van der Waals surface area contributed by atoms with Crippen LogP contribution in [0.2, 0.25) is 0 Å². The molecule has 0 bridgehead atoms. The van der Waals surface area contributed by atoms with E-state index >= 15 is 0 Å². The predicted molar refractivity (Wildman–Crippen MR) is 173 cm³/mol. The molecule has 0 atom stereocenters. The number of hydrogen-bond acceptors (Lipinski definition) is 3. The molecule has 42 heavy (non-hydrogen) atoms. The van der Waals surface area contributed by atoms with Crippen molar-refractivity contribution >= 4 is 27.6 Å². The van der Waals surface area contributed by atoms with Gasteiger partial charge >= 0.3 is 0 Å². The number of para-hydroxylation sites is 1. The minimum absolute atomic E-state index is 0.715. The molecule has 0 saturated carbocycles. The van der Waals surface area contributed by atoms with Crippen LogP contribution in [0.15, 0.2) is 140 Å². The zero-order chi connectivity index (χ0) is 28.5. The smallest absolute Gasteiger partial charge is 0.129 e. The van der Waals surface area contributed by atoms with Gasteiger partial charge in [-0.05, 0) is 59.5 Å². The first kappa shape index (κ1) is 25.4. The van der Waals surface area contributed by atoms with Crippen LogP contribution < -0.4 is 10.5 Å². The Morgan fingerprint density at radius 3 is 2.19 bits per heavy atom. The van der Waals surface area contributed by atoms with Crippen LogP contribution in [0.4, 0.5) is 0 Å². The summed E-state index contributed by atoms with van der Waals surface area (Å²) in [4.78, 5) is 0. The van der Waals surface area contributed by atoms with Crippen LogP contribution in [0.3, 0.4) is 0 Å². The molecule has 0 amide bonds. The number of nitrogens with two attached hydrogens (primary N) is 1. The highest BCUT2D eigenvalue weighted by molar-refractivity contribution is 6.10. The van der Waals surface area contributed by atoms with Crippen LogP contribution in [0, 0.1) is 0 Å². The van der Waals surface area contributed by atoms with Gasteiger partial charge in [0, 0.05) is 34.7 Å². The van der Waals surface area contributed by atoms with Crippen LogP contribution >= 0.6 is 0 Å². The molecule has 2 aromatic heterocycles. The van der Waals surface area contributed by atoms with E-state index in [4.69, 9.17) is 10.5 Å². The molecule has 2 N–H and O–H groups in total. The van der Waals surface area contributed by atoms with Gasteiger partial charge in [0.05, 0.1) is 22.9 Å². The van der Waals surface area contributed by atoms with Crippen LogP contribution in [-0.2, 0) is 0 Å². The van der Waals surface area contributed by atoms with Crippen molar-refractivity contribution in [2.75, 3.05) is 0 Å². The summed E-state index contributed by atoms with van der Waals surface area (Å²) in [6, 6.07) is 41.5. The van der Waals surface area contributed by atoms with E-state index in [1.165, 1.54) is 11.1 Å². The van der Waals surface area contributed by atoms with Crippen molar-refractivity contribution in [3.8, 4) is 39.4 Å². The molecule has 0 spiro atoms. The van der Waals surface area contributed by atoms with Gasteiger partial charge in [-0.25, -0.2) is 4.68 Å². The molecular formula is C37H30N4O. The third-order valence-electron chi connectivity index (χ3n) is 7.54. The third-order valence-corrected chi connectivity index (χ3v) is 7.54. The lowest BCUT2D eigenvalue weighted by atomic mass is 10.0. The first-order valence-corrected chi connectivity index (χ1v) is 14.2. The molecule has 5 aromatic carbocycles. The topological polar surface area (TPSA) is 58.0 Å². The summed E-state index contributed by atoms with van der Waals surface area (Å²) in [7, 11) is 0. The monoisotopic (exact) mass is 546 g/mol. The van der Waals surface area contributed by atoms with E-state index in [1.54, 1.807) is 0 Å². The van der Waals surface area contributed by atoms with E-state index in [0.717, 1.165) is 56.5 Å². The van der Waals surface area contributed by atoms with Gasteiger partial charge in [-0.2, -0.15) is 5.10 Å². The molecule has 0 unspecified atom stereocenters. The molecule has 2 heterocycles. The molecule has 0 aliphatic heterocycles. The zero-order valence-corrected chi connectivity index (χ0v) is 23.3. The lowest BCUT2D eigenvalue weighted by Crippen LogP contribution is -2.05. The van der Waals surface area contributed by atoms with E-state index < -0.39 is 0 Å². The molecule has 0 aliphatic carbocycles. The highest BCUT2D eigenvalue weighted by Gasteiger charge is 2.13. The fraction of sp³-hybridized carbons (Fsp3) is 0.0541. The van der Waals surface area contributed by atoms with Gasteiger partial charge in [-0.1, -0.05) is 85.8 Å². The van der Waals surface area contributed by atoms with Crippen molar-refractivity contribution in [1.29, 1.82) is 0 Å². The summed E-state index contributed by atoms with van der Waals surface area (Å²) in [6.07, 6.45) is 6.84. The van der Waals surface area contributed by atoms with Crippen LogP contribution in [0.1, 0.15) is 13.3 Å². The maximum atomic E-state index is 6.52. The second kappa shape index (κ2) is 10.8. The van der Waals surface area contributed by atoms with Gasteiger partial charge in [0.2, 0.25) is 0 Å². The molecule has 0 saturated heterocycles. The van der Waals surface area contributed by atoms with E-state index in [0.29, 0.717) is 5.82 Å². The molecule has 5 nitrogen and oxygen atoms in total. The summed E-state index contributed by atoms with van der Waals surface area (Å²) >= 11 is 0. The van der Waals surface area contributed by atoms with E-state index in [2.05, 4.69) is 95.5 Å². The standard InChI is InChI=1S/C37H30N4O/c1-2-9-37(38)41-35-15-7-6-14-33(35)34-21-20-32(23-36(34)41)42-31-13-8-12-30(22-31)40-25-29(24-39-40)28-18-16-27(17-19-28)26-10-4-3-5-11-26/h3-25H,2,38H2,1H3/b37-9+. The van der Waals surface area contributed by atoms with E-state index in [1.807, 2.05) is 65.6 Å². The maximum Gasteiger partial charge on any atom is 0.129 e. The zero-order valence-electron chi connectivity index (χ0n) is 23.3. The summed E-state index contributed by atoms with van der Waals surface area (Å²) < 4.78 is 10.4. The van der Waals surface area contributed by atoms with E-state index in [9.17, 15) is 0 Å². The Hall–Kier alpha value is -5.55. The molecule has 0 fully saturated rings. The number of fused-ring (bicyclic) bond motifs is 3. The number of nitrogens with zero attached hydrogens (tertiary/aromatic N) is 3. The number of benzene rings is 5. The van der Waals surface area contributed by atoms with Crippen LogP contribution in [0.25, 0.3) is 55.6 Å². The predicted octanol–water partition coefficient (Wildman–Crippen LogP) is 9.27. The van der Waals surface area contributed by atoms with Crippen molar-refractivity contribution in [2.45, 2.75) is 13.3 Å². The fourth-order valence-electron chi connectivity index (χ4n) is 5.52. The quantitative estimate of drug-likeness (QED) is 0.217. The maximum absolute atomic E-state index is 6.52. The average Bonchev–Trinajstić information content (AvgIpc) is 3.65.